The first-order chi connectivity index (χ1) is 10.8. The highest BCUT2D eigenvalue weighted by Crippen LogP contribution is 2.25. The maximum atomic E-state index is 9.70. The number of aliphatic hydroxyl groups excluding tert-OH is 1. The molecule has 1 saturated heterocycles. The van der Waals surface area contributed by atoms with Crippen LogP contribution in [0.2, 0.25) is 0 Å². The molecule has 1 fully saturated rings. The van der Waals surface area contributed by atoms with Crippen molar-refractivity contribution in [3.05, 3.63) is 42.5 Å². The highest BCUT2D eigenvalue weighted by Gasteiger charge is 2.22. The number of rotatable bonds is 5. The SMILES string of the molecule is CN1CCN(C(CO)COc2cccc3ccccc23)CC1. The van der Waals surface area contributed by atoms with Gasteiger partial charge in [0, 0.05) is 31.6 Å². The van der Waals surface area contributed by atoms with Crippen LogP contribution in [0.15, 0.2) is 42.5 Å². The van der Waals surface area contributed by atoms with Crippen molar-refractivity contribution in [1.29, 1.82) is 0 Å². The van der Waals surface area contributed by atoms with Gasteiger partial charge in [-0.3, -0.25) is 4.90 Å². The van der Waals surface area contributed by atoms with Crippen molar-refractivity contribution >= 4 is 10.8 Å². The first kappa shape index (κ1) is 15.3. The standard InChI is InChI=1S/C18H24N2O2/c1-19-9-11-20(12-10-19)16(13-21)14-22-18-8-4-6-15-5-2-3-7-17(15)18/h2-8,16,21H,9-14H2,1H3. The normalized spacial score (nSPS) is 18.5. The molecule has 0 spiro atoms. The van der Waals surface area contributed by atoms with Gasteiger partial charge in [-0.25, -0.2) is 0 Å². The summed E-state index contributed by atoms with van der Waals surface area (Å²) in [6, 6.07) is 14.4. The monoisotopic (exact) mass is 300 g/mol. The lowest BCUT2D eigenvalue weighted by atomic mass is 10.1. The van der Waals surface area contributed by atoms with Gasteiger partial charge in [-0.2, -0.15) is 0 Å². The number of fused-ring (bicyclic) bond motifs is 1. The van der Waals surface area contributed by atoms with Crippen molar-refractivity contribution in [2.75, 3.05) is 46.4 Å². The van der Waals surface area contributed by atoms with E-state index in [1.807, 2.05) is 24.3 Å². The van der Waals surface area contributed by atoms with Gasteiger partial charge in [-0.05, 0) is 18.5 Å². The second-order valence-corrected chi connectivity index (χ2v) is 5.96. The average molecular weight is 300 g/mol. The number of nitrogens with zero attached hydrogens (tertiary/aromatic N) is 2. The first-order valence-corrected chi connectivity index (χ1v) is 7.92. The molecule has 2 aromatic rings. The van der Waals surface area contributed by atoms with Crippen LogP contribution in [0.5, 0.6) is 5.75 Å². The molecule has 0 bridgehead atoms. The van der Waals surface area contributed by atoms with E-state index in [-0.39, 0.29) is 12.6 Å². The fraction of sp³-hybridized carbons (Fsp3) is 0.444. The molecule has 1 aliphatic rings. The number of benzene rings is 2. The van der Waals surface area contributed by atoms with Gasteiger partial charge in [0.2, 0.25) is 0 Å². The Morgan fingerprint density at radius 2 is 1.77 bits per heavy atom. The second-order valence-electron chi connectivity index (χ2n) is 5.96. The summed E-state index contributed by atoms with van der Waals surface area (Å²) in [5, 5.41) is 12.0. The molecule has 0 saturated carbocycles. The Labute approximate surface area is 131 Å². The molecule has 0 aliphatic carbocycles. The quantitative estimate of drug-likeness (QED) is 0.914. The fourth-order valence-corrected chi connectivity index (χ4v) is 2.97. The zero-order valence-corrected chi connectivity index (χ0v) is 13.1. The smallest absolute Gasteiger partial charge is 0.127 e. The van der Waals surface area contributed by atoms with E-state index in [4.69, 9.17) is 4.74 Å². The molecule has 1 N–H and O–H groups in total. The van der Waals surface area contributed by atoms with Gasteiger partial charge in [0.15, 0.2) is 0 Å². The average Bonchev–Trinajstić information content (AvgIpc) is 2.57. The number of ether oxygens (including phenoxy) is 1. The summed E-state index contributed by atoms with van der Waals surface area (Å²) in [6.45, 7) is 4.72. The van der Waals surface area contributed by atoms with E-state index in [0.717, 1.165) is 37.3 Å². The molecule has 1 atom stereocenters. The van der Waals surface area contributed by atoms with Crippen LogP contribution in [0.25, 0.3) is 10.8 Å². The minimum atomic E-state index is 0.0627. The van der Waals surface area contributed by atoms with Crippen molar-refractivity contribution in [3.8, 4) is 5.75 Å². The molecule has 118 valence electrons. The minimum Gasteiger partial charge on any atom is -0.491 e. The minimum absolute atomic E-state index is 0.0627. The molecule has 3 rings (SSSR count). The number of likely N-dealkylation sites (N-methyl/N-ethyl adjacent to an activating group) is 1. The summed E-state index contributed by atoms with van der Waals surface area (Å²) in [4.78, 5) is 4.64. The number of hydrogen-bond donors (Lipinski definition) is 1. The summed E-state index contributed by atoms with van der Waals surface area (Å²) in [5.41, 5.74) is 0. The molecule has 1 heterocycles. The van der Waals surface area contributed by atoms with E-state index in [1.54, 1.807) is 0 Å². The lowest BCUT2D eigenvalue weighted by Crippen LogP contribution is -2.52. The Kier molecular flexibility index (Phi) is 4.93. The third-order valence-electron chi connectivity index (χ3n) is 4.45. The highest BCUT2D eigenvalue weighted by molar-refractivity contribution is 5.88. The van der Waals surface area contributed by atoms with Gasteiger partial charge in [0.05, 0.1) is 12.6 Å². The highest BCUT2D eigenvalue weighted by atomic mass is 16.5. The predicted octanol–water partition coefficient (Wildman–Crippen LogP) is 1.83. The third-order valence-corrected chi connectivity index (χ3v) is 4.45. The van der Waals surface area contributed by atoms with E-state index >= 15 is 0 Å². The second kappa shape index (κ2) is 7.09. The van der Waals surface area contributed by atoms with Crippen LogP contribution >= 0.6 is 0 Å². The lowest BCUT2D eigenvalue weighted by Gasteiger charge is -2.37. The maximum absolute atomic E-state index is 9.70. The van der Waals surface area contributed by atoms with Gasteiger partial charge >= 0.3 is 0 Å². The topological polar surface area (TPSA) is 35.9 Å². The van der Waals surface area contributed by atoms with Crippen molar-refractivity contribution in [2.24, 2.45) is 0 Å². The molecule has 2 aromatic carbocycles. The van der Waals surface area contributed by atoms with Gasteiger partial charge in [0.1, 0.15) is 12.4 Å². The summed E-state index contributed by atoms with van der Waals surface area (Å²) in [6.07, 6.45) is 0. The van der Waals surface area contributed by atoms with E-state index < -0.39 is 0 Å². The Morgan fingerprint density at radius 1 is 1.05 bits per heavy atom. The largest absolute Gasteiger partial charge is 0.491 e. The van der Waals surface area contributed by atoms with Gasteiger partial charge in [0.25, 0.3) is 0 Å². The predicted molar refractivity (Wildman–Crippen MR) is 89.4 cm³/mol. The van der Waals surface area contributed by atoms with Gasteiger partial charge < -0.3 is 14.7 Å². The van der Waals surface area contributed by atoms with E-state index in [1.165, 1.54) is 5.39 Å². The lowest BCUT2D eigenvalue weighted by molar-refractivity contribution is 0.0487. The van der Waals surface area contributed by atoms with Crippen LogP contribution in [0.3, 0.4) is 0 Å². The molecular formula is C18H24N2O2. The Balaban J connectivity index is 1.67. The van der Waals surface area contributed by atoms with Crippen molar-refractivity contribution < 1.29 is 9.84 Å². The van der Waals surface area contributed by atoms with Crippen LogP contribution in [0, 0.1) is 0 Å². The summed E-state index contributed by atoms with van der Waals surface area (Å²) >= 11 is 0. The Morgan fingerprint density at radius 3 is 2.55 bits per heavy atom. The number of piperazine rings is 1. The molecule has 1 unspecified atom stereocenters. The number of hydrogen-bond acceptors (Lipinski definition) is 4. The molecule has 4 heteroatoms. The van der Waals surface area contributed by atoms with Crippen molar-refractivity contribution in [2.45, 2.75) is 6.04 Å². The molecule has 0 aromatic heterocycles. The summed E-state index contributed by atoms with van der Waals surface area (Å²) < 4.78 is 6.04. The van der Waals surface area contributed by atoms with Gasteiger partial charge in [-0.15, -0.1) is 0 Å². The Hall–Kier alpha value is -1.62. The molecule has 1 aliphatic heterocycles. The third kappa shape index (κ3) is 3.40. The summed E-state index contributed by atoms with van der Waals surface area (Å²) in [5.74, 6) is 0.894. The zero-order valence-electron chi connectivity index (χ0n) is 13.1. The summed E-state index contributed by atoms with van der Waals surface area (Å²) in [7, 11) is 2.14. The van der Waals surface area contributed by atoms with Gasteiger partial charge in [-0.1, -0.05) is 36.4 Å². The van der Waals surface area contributed by atoms with Crippen molar-refractivity contribution in [3.63, 3.8) is 0 Å². The zero-order chi connectivity index (χ0) is 15.4. The molecule has 22 heavy (non-hydrogen) atoms. The van der Waals surface area contributed by atoms with Crippen LogP contribution in [-0.2, 0) is 0 Å². The van der Waals surface area contributed by atoms with Crippen LogP contribution < -0.4 is 4.74 Å². The van der Waals surface area contributed by atoms with Crippen LogP contribution in [0.1, 0.15) is 0 Å². The fourth-order valence-electron chi connectivity index (χ4n) is 2.97. The van der Waals surface area contributed by atoms with Crippen LogP contribution in [0.4, 0.5) is 0 Å². The number of aliphatic hydroxyl groups is 1. The van der Waals surface area contributed by atoms with E-state index in [9.17, 15) is 5.11 Å². The van der Waals surface area contributed by atoms with E-state index in [0.29, 0.717) is 6.61 Å². The maximum Gasteiger partial charge on any atom is 0.127 e. The van der Waals surface area contributed by atoms with Crippen molar-refractivity contribution in [1.82, 2.24) is 9.80 Å². The molecule has 0 radical (unpaired) electrons. The molecule has 4 nitrogen and oxygen atoms in total. The molecular weight excluding hydrogens is 276 g/mol. The first-order valence-electron chi connectivity index (χ1n) is 7.92. The Bertz CT molecular complexity index is 604. The van der Waals surface area contributed by atoms with E-state index in [2.05, 4.69) is 35.0 Å². The molecule has 0 amide bonds. The van der Waals surface area contributed by atoms with Crippen LogP contribution in [-0.4, -0.2) is 67.4 Å².